The quantitative estimate of drug-likeness (QED) is 0.575. The molecule has 1 fully saturated rings. The molecule has 1 heterocycles. The molecule has 0 aromatic heterocycles. The Balaban J connectivity index is 1.51. The topological polar surface area (TPSA) is 23.6 Å². The Morgan fingerprint density at radius 1 is 1.00 bits per heavy atom. The summed E-state index contributed by atoms with van der Waals surface area (Å²) < 4.78 is 51.3. The number of carbonyl (C=O) groups is 1. The molecule has 2 aromatic rings. The predicted octanol–water partition coefficient (Wildman–Crippen LogP) is 4.20. The number of benzene rings is 2. The summed E-state index contributed by atoms with van der Waals surface area (Å²) in [5.41, 5.74) is 0.688. The van der Waals surface area contributed by atoms with Gasteiger partial charge in [0.2, 0.25) is 5.91 Å². The number of hydrogen-bond acceptors (Lipinski definition) is 2. The first-order valence-electron chi connectivity index (χ1n) is 8.92. The molecule has 1 saturated heterocycles. The lowest BCUT2D eigenvalue weighted by Crippen LogP contribution is -2.47. The lowest BCUT2D eigenvalue weighted by Gasteiger charge is -2.34. The smallest absolute Gasteiger partial charge is 0.337 e. The van der Waals surface area contributed by atoms with Gasteiger partial charge in [0.25, 0.3) is 0 Å². The molecule has 0 saturated carbocycles. The Bertz CT molecular complexity index is 838. The molecule has 148 valence electrons. The summed E-state index contributed by atoms with van der Waals surface area (Å²) in [6.07, 6.45) is -1.26. The molecule has 3 nitrogen and oxygen atoms in total. The van der Waals surface area contributed by atoms with Crippen LogP contribution in [0.2, 0.25) is 0 Å². The first-order valence-corrected chi connectivity index (χ1v) is 8.92. The van der Waals surface area contributed by atoms with Crippen LogP contribution >= 0.6 is 0 Å². The maximum Gasteiger partial charge on any atom is 0.416 e. The summed E-state index contributed by atoms with van der Waals surface area (Å²) in [6.45, 7) is 2.60. The average molecular weight is 392 g/mol. The fourth-order valence-electron chi connectivity index (χ4n) is 3.08. The second-order valence-electron chi connectivity index (χ2n) is 6.68. The van der Waals surface area contributed by atoms with Crippen molar-refractivity contribution in [2.45, 2.75) is 12.7 Å². The Morgan fingerprint density at radius 2 is 1.68 bits per heavy atom. The van der Waals surface area contributed by atoms with Crippen molar-refractivity contribution in [1.29, 1.82) is 0 Å². The highest BCUT2D eigenvalue weighted by Crippen LogP contribution is 2.29. The van der Waals surface area contributed by atoms with E-state index < -0.39 is 11.7 Å². The first-order chi connectivity index (χ1) is 13.3. The van der Waals surface area contributed by atoms with Crippen LogP contribution in [0.25, 0.3) is 6.08 Å². The van der Waals surface area contributed by atoms with Crippen LogP contribution < -0.4 is 0 Å². The number of halogens is 4. The van der Waals surface area contributed by atoms with Gasteiger partial charge in [0.1, 0.15) is 5.82 Å². The Hall–Kier alpha value is -2.67. The fourth-order valence-corrected chi connectivity index (χ4v) is 3.08. The van der Waals surface area contributed by atoms with Gasteiger partial charge in [-0.3, -0.25) is 9.69 Å². The summed E-state index contributed by atoms with van der Waals surface area (Å²) >= 11 is 0. The van der Waals surface area contributed by atoms with Crippen molar-refractivity contribution in [2.24, 2.45) is 0 Å². The third kappa shape index (κ3) is 5.42. The van der Waals surface area contributed by atoms with Crippen molar-refractivity contribution in [1.82, 2.24) is 9.80 Å². The van der Waals surface area contributed by atoms with Crippen molar-refractivity contribution in [3.8, 4) is 0 Å². The molecule has 0 spiro atoms. The zero-order valence-corrected chi connectivity index (χ0v) is 15.1. The van der Waals surface area contributed by atoms with E-state index in [-0.39, 0.29) is 11.7 Å². The molecule has 0 aliphatic carbocycles. The van der Waals surface area contributed by atoms with Gasteiger partial charge in [-0.2, -0.15) is 13.2 Å². The third-order valence-electron chi connectivity index (χ3n) is 4.63. The minimum absolute atomic E-state index is 0.136. The van der Waals surface area contributed by atoms with Crippen LogP contribution in [0.5, 0.6) is 0 Å². The Kier molecular flexibility index (Phi) is 6.14. The van der Waals surface area contributed by atoms with E-state index in [2.05, 4.69) is 0 Å². The van der Waals surface area contributed by atoms with Crippen molar-refractivity contribution in [3.05, 3.63) is 77.1 Å². The minimum Gasteiger partial charge on any atom is -0.337 e. The Labute approximate surface area is 160 Å². The maximum atomic E-state index is 12.9. The van der Waals surface area contributed by atoms with Crippen molar-refractivity contribution in [2.75, 3.05) is 26.2 Å². The monoisotopic (exact) mass is 392 g/mol. The summed E-state index contributed by atoms with van der Waals surface area (Å²) in [6, 6.07) is 11.2. The summed E-state index contributed by atoms with van der Waals surface area (Å²) in [5.74, 6) is -0.469. The third-order valence-corrected chi connectivity index (χ3v) is 4.63. The van der Waals surface area contributed by atoms with Gasteiger partial charge < -0.3 is 4.90 Å². The standard InChI is InChI=1S/C21H20F4N2O/c22-19-7-4-16(5-8-19)6-9-20(28)27-12-10-26(11-13-27)15-17-2-1-3-18(14-17)21(23,24)25/h1-9,14H,10-13,15H2/b9-6+. The molecule has 1 aliphatic rings. The second kappa shape index (κ2) is 8.56. The largest absolute Gasteiger partial charge is 0.416 e. The number of rotatable bonds is 4. The number of amides is 1. The van der Waals surface area contributed by atoms with E-state index in [1.165, 1.54) is 30.3 Å². The van der Waals surface area contributed by atoms with Crippen molar-refractivity contribution < 1.29 is 22.4 Å². The van der Waals surface area contributed by atoms with Crippen molar-refractivity contribution >= 4 is 12.0 Å². The molecule has 1 aliphatic heterocycles. The number of alkyl halides is 3. The molecule has 7 heteroatoms. The molecular formula is C21H20F4N2O. The predicted molar refractivity (Wildman–Crippen MR) is 98.7 cm³/mol. The van der Waals surface area contributed by atoms with E-state index in [1.54, 1.807) is 29.2 Å². The first kappa shape index (κ1) is 20.1. The van der Waals surface area contributed by atoms with Crippen LogP contribution in [0.1, 0.15) is 16.7 Å². The molecule has 28 heavy (non-hydrogen) atoms. The molecule has 0 bridgehead atoms. The zero-order chi connectivity index (χ0) is 20.1. The van der Waals surface area contributed by atoms with E-state index >= 15 is 0 Å². The zero-order valence-electron chi connectivity index (χ0n) is 15.1. The molecule has 3 rings (SSSR count). The van der Waals surface area contributed by atoms with Crippen LogP contribution in [0.3, 0.4) is 0 Å². The molecule has 1 amide bonds. The van der Waals surface area contributed by atoms with Crippen LogP contribution in [0, 0.1) is 5.82 Å². The van der Waals surface area contributed by atoms with Gasteiger partial charge in [0.05, 0.1) is 5.56 Å². The second-order valence-corrected chi connectivity index (χ2v) is 6.68. The highest BCUT2D eigenvalue weighted by atomic mass is 19.4. The van der Waals surface area contributed by atoms with Crippen LogP contribution in [-0.4, -0.2) is 41.9 Å². The number of piperazine rings is 1. The summed E-state index contributed by atoms with van der Waals surface area (Å²) in [5, 5.41) is 0. The molecule has 0 atom stereocenters. The SMILES string of the molecule is O=C(/C=C/c1ccc(F)cc1)N1CCN(Cc2cccc(C(F)(F)F)c2)CC1. The van der Waals surface area contributed by atoms with Crippen LogP contribution in [-0.2, 0) is 17.5 Å². The van der Waals surface area contributed by atoms with Gasteiger partial charge in [0, 0.05) is 38.8 Å². The fraction of sp³-hybridized carbons (Fsp3) is 0.286. The molecule has 0 unspecified atom stereocenters. The average Bonchev–Trinajstić information content (AvgIpc) is 2.67. The minimum atomic E-state index is -4.35. The van der Waals surface area contributed by atoms with Gasteiger partial charge in [-0.1, -0.05) is 30.3 Å². The molecule has 0 radical (unpaired) electrons. The Morgan fingerprint density at radius 3 is 2.32 bits per heavy atom. The van der Waals surface area contributed by atoms with Crippen LogP contribution in [0.15, 0.2) is 54.6 Å². The number of hydrogen-bond donors (Lipinski definition) is 0. The van der Waals surface area contributed by atoms with Gasteiger partial charge in [-0.25, -0.2) is 4.39 Å². The summed E-state index contributed by atoms with van der Waals surface area (Å²) in [4.78, 5) is 16.0. The highest BCUT2D eigenvalue weighted by Gasteiger charge is 2.30. The lowest BCUT2D eigenvalue weighted by molar-refractivity contribution is -0.137. The van der Waals surface area contributed by atoms with Gasteiger partial charge in [-0.05, 0) is 35.4 Å². The highest BCUT2D eigenvalue weighted by molar-refractivity contribution is 5.91. The van der Waals surface area contributed by atoms with E-state index in [4.69, 9.17) is 0 Å². The molecule has 0 N–H and O–H groups in total. The van der Waals surface area contributed by atoms with E-state index in [9.17, 15) is 22.4 Å². The summed E-state index contributed by atoms with van der Waals surface area (Å²) in [7, 11) is 0. The maximum absolute atomic E-state index is 12.9. The van der Waals surface area contributed by atoms with Gasteiger partial charge in [-0.15, -0.1) is 0 Å². The molecular weight excluding hydrogens is 372 g/mol. The van der Waals surface area contributed by atoms with Gasteiger partial charge in [0.15, 0.2) is 0 Å². The normalized spacial score (nSPS) is 15.9. The van der Waals surface area contributed by atoms with Crippen LogP contribution in [0.4, 0.5) is 17.6 Å². The van der Waals surface area contributed by atoms with E-state index in [0.717, 1.165) is 11.6 Å². The van der Waals surface area contributed by atoms with E-state index in [0.29, 0.717) is 38.3 Å². The number of nitrogens with zero attached hydrogens (tertiary/aromatic N) is 2. The van der Waals surface area contributed by atoms with Crippen molar-refractivity contribution in [3.63, 3.8) is 0 Å². The molecule has 2 aromatic carbocycles. The van der Waals surface area contributed by atoms with Gasteiger partial charge >= 0.3 is 6.18 Å². The number of carbonyl (C=O) groups excluding carboxylic acids is 1. The van der Waals surface area contributed by atoms with E-state index in [1.807, 2.05) is 4.90 Å². The lowest BCUT2D eigenvalue weighted by atomic mass is 10.1.